The Morgan fingerprint density at radius 1 is 0.462 bits per heavy atom. The topological polar surface area (TPSA) is 563 Å². The number of piperidine rings is 4. The van der Waals surface area contributed by atoms with Crippen LogP contribution in [0.3, 0.4) is 0 Å². The van der Waals surface area contributed by atoms with E-state index in [1.807, 2.05) is 76.2 Å². The van der Waals surface area contributed by atoms with Gasteiger partial charge in [-0.2, -0.15) is 38.4 Å². The average Bonchev–Trinajstić information content (AvgIpc) is 1.64. The Morgan fingerprint density at radius 2 is 0.795 bits per heavy atom. The highest BCUT2D eigenvalue weighted by atomic mass is 32.2. The lowest BCUT2D eigenvalue weighted by Crippen LogP contribution is -2.46. The molecule has 4 aromatic carbocycles. The molecule has 4 saturated heterocycles. The number of methoxy groups -OCH3 is 4. The molecule has 5 fully saturated rings. The highest BCUT2D eigenvalue weighted by Gasteiger charge is 2.50. The molecule has 43 heteroatoms. The molecule has 0 atom stereocenters. The number of benzene rings is 4. The number of nitrogens with one attached hydrogen (secondary N) is 4. The fraction of sp³-hybridized carbons (Fsp3) is 0.527. The molecule has 8 heterocycles. The first-order valence-electron chi connectivity index (χ1n) is 37.6. The molecule has 5 aliphatic rings. The summed E-state index contributed by atoms with van der Waals surface area (Å²) in [6.45, 7) is 19.6. The Morgan fingerprint density at radius 3 is 1.13 bits per heavy atom. The summed E-state index contributed by atoms with van der Waals surface area (Å²) in [5, 5.41) is 44.7. The smallest absolute Gasteiger partial charge is 0.290 e. The molecule has 0 amide bonds. The zero-order valence-corrected chi connectivity index (χ0v) is 70.7. The number of hydrogen-bond donors (Lipinski definition) is 11. The van der Waals surface area contributed by atoms with E-state index in [1.165, 1.54) is 0 Å². The van der Waals surface area contributed by atoms with Crippen LogP contribution in [0.4, 0.5) is 23.3 Å². The number of aromatic nitrogens is 8. The normalized spacial score (nSPS) is 16.2. The van der Waals surface area contributed by atoms with Crippen LogP contribution >= 0.6 is 0 Å². The van der Waals surface area contributed by atoms with Gasteiger partial charge in [-0.3, -0.25) is 14.4 Å². The van der Waals surface area contributed by atoms with Gasteiger partial charge in [0.1, 0.15) is 65.8 Å². The van der Waals surface area contributed by atoms with Crippen LogP contribution in [0.25, 0.3) is 43.6 Å². The molecule has 0 bridgehead atoms. The van der Waals surface area contributed by atoms with Crippen LogP contribution in [0.5, 0.6) is 28.7 Å². The minimum absolute atomic E-state index is 0.0760. The summed E-state index contributed by atoms with van der Waals surface area (Å²) >= 11 is 0. The quantitative estimate of drug-likeness (QED) is 0.0356. The van der Waals surface area contributed by atoms with Crippen LogP contribution in [0.15, 0.2) is 73.8 Å². The Hall–Kier alpha value is -9.67. The van der Waals surface area contributed by atoms with Crippen LogP contribution in [0, 0.1) is 49.4 Å². The van der Waals surface area contributed by atoms with E-state index in [1.54, 1.807) is 53.7 Å². The average molecular weight is 1710 g/mol. The van der Waals surface area contributed by atoms with Crippen molar-refractivity contribution < 1.29 is 87.1 Å². The first-order chi connectivity index (χ1) is 55.4. The highest BCUT2D eigenvalue weighted by molar-refractivity contribution is 7.87. The van der Waals surface area contributed by atoms with Gasteiger partial charge in [0.25, 0.3) is 60.3 Å². The van der Waals surface area contributed by atoms with Crippen molar-refractivity contribution in [2.24, 2.45) is 49.1 Å². The number of nitrogens with two attached hydrogens (primary N) is 4. The van der Waals surface area contributed by atoms with Gasteiger partial charge < -0.3 is 58.6 Å². The SMILES string of the molecule is CCOc1cc2c(N3CCC(CCNS(N)(=O)=O)CC3)ncnc2cc1OC.COc1cc2c(N3CCC(C(C)(C)CNS(N)(=O)=O)CC3)ncnc2cc1C.COc1cc2c(N3CCC(C4(CNS(N)(=O)=O)CC4)CC3)ncnc2cc1C.COc1cc2c(N3CCC(NS(N)(=O)=O)CC3)ncnc2cc1C.O=CO.O=CO.O=CO. The summed E-state index contributed by atoms with van der Waals surface area (Å²) in [4.78, 5) is 69.6. The third-order valence-corrected chi connectivity index (χ3v) is 23.7. The van der Waals surface area contributed by atoms with Crippen molar-refractivity contribution in [3.8, 4) is 28.7 Å². The number of hydrogen-bond acceptors (Lipinski definition) is 28. The molecule has 4 aliphatic heterocycles. The Balaban J connectivity index is 0.000000208. The zero-order chi connectivity index (χ0) is 86.1. The lowest BCUT2D eigenvalue weighted by molar-refractivity contribution is -0.123. The second-order valence-corrected chi connectivity index (χ2v) is 34.7. The van der Waals surface area contributed by atoms with E-state index in [0.717, 1.165) is 198 Å². The van der Waals surface area contributed by atoms with Crippen LogP contribution in [-0.2, 0) is 55.2 Å². The van der Waals surface area contributed by atoms with E-state index in [4.69, 9.17) is 73.9 Å². The molecule has 1 aliphatic carbocycles. The number of rotatable bonds is 24. The van der Waals surface area contributed by atoms with Crippen molar-refractivity contribution >= 4 is 127 Å². The molecule has 644 valence electrons. The number of aryl methyl sites for hydroxylation is 3. The molecule has 0 radical (unpaired) electrons. The number of ether oxygens (including phenoxy) is 5. The zero-order valence-electron chi connectivity index (χ0n) is 67.4. The third kappa shape index (κ3) is 27.7. The fourth-order valence-electron chi connectivity index (χ4n) is 15.1. The summed E-state index contributed by atoms with van der Waals surface area (Å²) in [6.07, 6.45) is 16.5. The van der Waals surface area contributed by atoms with E-state index in [0.29, 0.717) is 81.4 Å². The number of nitrogens with zero attached hydrogens (tertiary/aromatic N) is 12. The predicted octanol–water partition coefficient (Wildman–Crippen LogP) is 4.97. The second-order valence-electron chi connectivity index (χ2n) is 29.3. The number of fused-ring (bicyclic) bond motifs is 4. The van der Waals surface area contributed by atoms with Crippen molar-refractivity contribution in [1.82, 2.24) is 58.8 Å². The van der Waals surface area contributed by atoms with Crippen LogP contribution in [-0.4, -0.2) is 221 Å². The maximum Gasteiger partial charge on any atom is 0.290 e. The van der Waals surface area contributed by atoms with Gasteiger partial charge in [-0.25, -0.2) is 74.6 Å². The summed E-state index contributed by atoms with van der Waals surface area (Å²) < 4.78 is 126. The van der Waals surface area contributed by atoms with Gasteiger partial charge in [-0.15, -0.1) is 0 Å². The first kappa shape index (κ1) is 94.5. The van der Waals surface area contributed by atoms with Crippen molar-refractivity contribution in [2.45, 2.75) is 118 Å². The largest absolute Gasteiger partial charge is 0.496 e. The first-order valence-corrected chi connectivity index (χ1v) is 43.8. The van der Waals surface area contributed by atoms with Crippen molar-refractivity contribution in [3.05, 3.63) is 90.5 Å². The van der Waals surface area contributed by atoms with Gasteiger partial charge >= 0.3 is 0 Å². The van der Waals surface area contributed by atoms with Gasteiger partial charge in [-0.05, 0) is 186 Å². The van der Waals surface area contributed by atoms with Gasteiger partial charge in [0.15, 0.2) is 11.5 Å². The van der Waals surface area contributed by atoms with E-state index in [9.17, 15) is 33.7 Å². The summed E-state index contributed by atoms with van der Waals surface area (Å²) in [6, 6.07) is 15.7. The maximum atomic E-state index is 11.3. The number of anilines is 4. The van der Waals surface area contributed by atoms with Crippen LogP contribution < -0.4 is 82.7 Å². The molecule has 0 unspecified atom stereocenters. The van der Waals surface area contributed by atoms with Crippen molar-refractivity contribution in [1.29, 1.82) is 0 Å². The molecule has 0 spiro atoms. The number of carboxylic acid groups (broad SMARTS) is 3. The van der Waals surface area contributed by atoms with Crippen LogP contribution in [0.1, 0.15) is 108 Å². The summed E-state index contributed by atoms with van der Waals surface area (Å²) in [7, 11) is -7.99. The lowest BCUT2D eigenvalue weighted by Gasteiger charge is -2.41. The Kier molecular flexibility index (Phi) is 34.9. The monoisotopic (exact) mass is 1710 g/mol. The molecule has 13 rings (SSSR count). The standard InChI is InChI=1S/C19H27N5O3S.C19H29N5O3S.C18H27N5O4S.C15H21N5O3S.3CH2O2/c1-13-9-16-15(10-17(13)27-2)18(22-12-21-16)24-7-3-14(4-8-24)19(5-6-19)11-23-28(20,25)26;1-13-9-16-15(10-17(13)27-4)18(22-12-21-16)24-7-5-14(6-8-24)19(2,3)11-23-28(20,25)26;1-3-27-17-10-14-15(11-16(17)26-2)20-12-21-18(14)23-8-5-13(6-9-23)4-7-22-28(19,24)25;1-10-7-13-12(8-14(10)23-2)15(18-9-17-13)20-5-3-11(4-6-20)19-24(16,21)22;3*2-1-3/h9-10,12,14,23H,3-8,11H2,1-2H3,(H2,20,25,26);9-10,12,14,23H,5-8,11H2,1-4H3,(H2,20,25,26);10-13,22H,3-9H2,1-2H3,(H2,19,24,25);7-9,11,19H,3-6H2,1-2H3,(H2,16,21,22);3*1H,(H,2,3). The molecular formula is C74H110N20O19S4. The Labute approximate surface area is 682 Å². The minimum atomic E-state index is -3.67. The molecular weight excluding hydrogens is 1600 g/mol. The molecule has 4 aromatic heterocycles. The predicted molar refractivity (Wildman–Crippen MR) is 446 cm³/mol. The van der Waals surface area contributed by atoms with E-state index < -0.39 is 40.8 Å². The second kappa shape index (κ2) is 43.2. The lowest BCUT2D eigenvalue weighted by atomic mass is 9.74. The molecule has 39 nitrogen and oxygen atoms in total. The van der Waals surface area contributed by atoms with Gasteiger partial charge in [0.05, 0.1) is 57.1 Å². The van der Waals surface area contributed by atoms with E-state index in [2.05, 4.69) is 92.2 Å². The highest BCUT2D eigenvalue weighted by Crippen LogP contribution is 2.55. The number of carbonyl (C=O) groups is 3. The minimum Gasteiger partial charge on any atom is -0.496 e. The summed E-state index contributed by atoms with van der Waals surface area (Å²) in [5.41, 5.74) is 6.51. The fourth-order valence-corrected chi connectivity index (χ4v) is 17.3. The summed E-state index contributed by atoms with van der Waals surface area (Å²) in [5.74, 6) is 8.72. The molecule has 15 N–H and O–H groups in total. The van der Waals surface area contributed by atoms with Gasteiger partial charge in [-0.1, -0.05) is 13.8 Å². The molecule has 117 heavy (non-hydrogen) atoms. The third-order valence-electron chi connectivity index (χ3n) is 21.3. The molecule has 1 saturated carbocycles. The van der Waals surface area contributed by atoms with E-state index in [-0.39, 0.29) is 36.3 Å². The van der Waals surface area contributed by atoms with Crippen molar-refractivity contribution in [3.63, 3.8) is 0 Å². The van der Waals surface area contributed by atoms with Gasteiger partial charge in [0, 0.05) is 106 Å². The maximum absolute atomic E-state index is 11.3. The van der Waals surface area contributed by atoms with Gasteiger partial charge in [0.2, 0.25) is 0 Å². The Bertz CT molecular complexity index is 4950. The van der Waals surface area contributed by atoms with Crippen molar-refractivity contribution in [2.75, 3.05) is 127 Å². The molecule has 8 aromatic rings. The van der Waals surface area contributed by atoms with E-state index >= 15 is 0 Å². The van der Waals surface area contributed by atoms with Crippen LogP contribution in [0.2, 0.25) is 0 Å².